The number of amides is 1. The Labute approximate surface area is 135 Å². The Bertz CT molecular complexity index is 844. The van der Waals surface area contributed by atoms with Gasteiger partial charge in [0.2, 0.25) is 5.91 Å². The first kappa shape index (κ1) is 16.7. The van der Waals surface area contributed by atoms with E-state index < -0.39 is 22.5 Å². The second-order valence-electron chi connectivity index (χ2n) is 4.71. The summed E-state index contributed by atoms with van der Waals surface area (Å²) in [5.74, 6) is -2.29. The average molecular weight is 328 g/mol. The zero-order valence-corrected chi connectivity index (χ0v) is 12.2. The maximum atomic E-state index is 11.8. The molecule has 2 aromatic carbocycles. The monoisotopic (exact) mass is 328 g/mol. The number of carbonyl (C=O) groups is 2. The summed E-state index contributed by atoms with van der Waals surface area (Å²) in [6.45, 7) is 0. The van der Waals surface area contributed by atoms with Crippen LogP contribution in [0.3, 0.4) is 0 Å². The first-order valence-electron chi connectivity index (χ1n) is 6.66. The lowest BCUT2D eigenvalue weighted by Gasteiger charge is -2.05. The fraction of sp³-hybridized carbons (Fsp3) is 0. The standard InChI is InChI=1S/C16H12N2O6/c19-14-6-5-11(9-13(14)16(21)22)17-15(20)7-4-10-2-1-3-12(8-10)18(23)24/h1-9,19H,(H,17,20)(H,21,22). The molecule has 24 heavy (non-hydrogen) atoms. The molecule has 1 amide bonds. The second kappa shape index (κ2) is 7.05. The van der Waals surface area contributed by atoms with Crippen LogP contribution in [0.2, 0.25) is 0 Å². The van der Waals surface area contributed by atoms with Gasteiger partial charge in [-0.2, -0.15) is 0 Å². The Morgan fingerprint density at radius 3 is 2.58 bits per heavy atom. The highest BCUT2D eigenvalue weighted by Crippen LogP contribution is 2.21. The molecule has 0 saturated heterocycles. The third-order valence-electron chi connectivity index (χ3n) is 3.00. The first-order chi connectivity index (χ1) is 11.4. The number of nitro groups is 1. The van der Waals surface area contributed by atoms with Crippen molar-refractivity contribution >= 4 is 29.3 Å². The molecule has 8 heteroatoms. The Kier molecular flexibility index (Phi) is 4.90. The van der Waals surface area contributed by atoms with Gasteiger partial charge in [0, 0.05) is 23.9 Å². The van der Waals surface area contributed by atoms with Crippen molar-refractivity contribution in [2.45, 2.75) is 0 Å². The molecule has 0 radical (unpaired) electrons. The zero-order valence-electron chi connectivity index (χ0n) is 12.2. The van der Waals surface area contributed by atoms with E-state index in [1.165, 1.54) is 30.3 Å². The molecule has 0 spiro atoms. The summed E-state index contributed by atoms with van der Waals surface area (Å²) in [5.41, 5.74) is 0.229. The molecular weight excluding hydrogens is 316 g/mol. The van der Waals surface area contributed by atoms with Crippen molar-refractivity contribution in [1.29, 1.82) is 0 Å². The number of aromatic hydroxyl groups is 1. The lowest BCUT2D eigenvalue weighted by molar-refractivity contribution is -0.384. The number of benzene rings is 2. The van der Waals surface area contributed by atoms with Crippen LogP contribution in [0.5, 0.6) is 5.75 Å². The van der Waals surface area contributed by atoms with Gasteiger partial charge in [0.05, 0.1) is 4.92 Å². The second-order valence-corrected chi connectivity index (χ2v) is 4.71. The van der Waals surface area contributed by atoms with E-state index in [9.17, 15) is 24.8 Å². The third-order valence-corrected chi connectivity index (χ3v) is 3.00. The molecule has 0 unspecified atom stereocenters. The highest BCUT2D eigenvalue weighted by Gasteiger charge is 2.11. The van der Waals surface area contributed by atoms with Gasteiger partial charge in [-0.3, -0.25) is 14.9 Å². The summed E-state index contributed by atoms with van der Waals surface area (Å²) < 4.78 is 0. The van der Waals surface area contributed by atoms with Gasteiger partial charge in [-0.25, -0.2) is 4.79 Å². The van der Waals surface area contributed by atoms with Crippen molar-refractivity contribution in [1.82, 2.24) is 0 Å². The van der Waals surface area contributed by atoms with Gasteiger partial charge in [0.25, 0.3) is 5.69 Å². The number of nitrogens with one attached hydrogen (secondary N) is 1. The molecule has 0 aromatic heterocycles. The molecule has 0 aliphatic carbocycles. The molecule has 8 nitrogen and oxygen atoms in total. The van der Waals surface area contributed by atoms with E-state index in [4.69, 9.17) is 5.11 Å². The van der Waals surface area contributed by atoms with Crippen LogP contribution in [-0.4, -0.2) is 27.0 Å². The molecule has 0 aliphatic heterocycles. The van der Waals surface area contributed by atoms with E-state index in [-0.39, 0.29) is 16.9 Å². The van der Waals surface area contributed by atoms with Crippen LogP contribution in [0.15, 0.2) is 48.5 Å². The van der Waals surface area contributed by atoms with Gasteiger partial charge in [-0.05, 0) is 29.8 Å². The normalized spacial score (nSPS) is 10.5. The lowest BCUT2D eigenvalue weighted by Crippen LogP contribution is -2.08. The number of anilines is 1. The minimum absolute atomic E-state index is 0.0952. The molecule has 0 saturated carbocycles. The van der Waals surface area contributed by atoms with Crippen LogP contribution in [-0.2, 0) is 4.79 Å². The van der Waals surface area contributed by atoms with Crippen molar-refractivity contribution in [2.24, 2.45) is 0 Å². The number of phenols is 1. The van der Waals surface area contributed by atoms with Crippen LogP contribution < -0.4 is 5.32 Å². The Balaban J connectivity index is 2.11. The quantitative estimate of drug-likeness (QED) is 0.335. The number of carbonyl (C=O) groups excluding carboxylic acids is 1. The van der Waals surface area contributed by atoms with Crippen molar-refractivity contribution in [3.05, 3.63) is 69.8 Å². The van der Waals surface area contributed by atoms with Crippen molar-refractivity contribution in [3.63, 3.8) is 0 Å². The van der Waals surface area contributed by atoms with E-state index >= 15 is 0 Å². The number of hydrogen-bond donors (Lipinski definition) is 3. The van der Waals surface area contributed by atoms with Gasteiger partial charge in [-0.1, -0.05) is 12.1 Å². The van der Waals surface area contributed by atoms with Crippen LogP contribution >= 0.6 is 0 Å². The summed E-state index contributed by atoms with van der Waals surface area (Å²) in [7, 11) is 0. The van der Waals surface area contributed by atoms with E-state index in [0.29, 0.717) is 5.56 Å². The molecule has 0 heterocycles. The molecule has 0 fully saturated rings. The number of rotatable bonds is 5. The van der Waals surface area contributed by atoms with Crippen molar-refractivity contribution in [3.8, 4) is 5.75 Å². The summed E-state index contributed by atoms with van der Waals surface area (Å²) in [4.78, 5) is 32.9. The van der Waals surface area contributed by atoms with Crippen LogP contribution in [0.1, 0.15) is 15.9 Å². The molecular formula is C16H12N2O6. The topological polar surface area (TPSA) is 130 Å². The van der Waals surface area contributed by atoms with Gasteiger partial charge < -0.3 is 15.5 Å². The molecule has 2 rings (SSSR count). The molecule has 0 bridgehead atoms. The van der Waals surface area contributed by atoms with Crippen LogP contribution in [0.4, 0.5) is 11.4 Å². The SMILES string of the molecule is O=C(C=Cc1cccc([N+](=O)[O-])c1)Nc1ccc(O)c(C(=O)O)c1. The molecule has 122 valence electrons. The van der Waals surface area contributed by atoms with E-state index in [1.807, 2.05) is 0 Å². The zero-order chi connectivity index (χ0) is 17.7. The largest absolute Gasteiger partial charge is 0.507 e. The number of carboxylic acids is 1. The number of hydrogen-bond acceptors (Lipinski definition) is 5. The summed E-state index contributed by atoms with van der Waals surface area (Å²) >= 11 is 0. The highest BCUT2D eigenvalue weighted by atomic mass is 16.6. The van der Waals surface area contributed by atoms with E-state index in [2.05, 4.69) is 5.32 Å². The first-order valence-corrected chi connectivity index (χ1v) is 6.66. The van der Waals surface area contributed by atoms with E-state index in [1.54, 1.807) is 6.07 Å². The number of aromatic carboxylic acids is 1. The number of carboxylic acid groups (broad SMARTS) is 1. The Hall–Kier alpha value is -3.68. The minimum Gasteiger partial charge on any atom is -0.507 e. The average Bonchev–Trinajstić information content (AvgIpc) is 2.54. The molecule has 3 N–H and O–H groups in total. The third kappa shape index (κ3) is 4.17. The summed E-state index contributed by atoms with van der Waals surface area (Å²) in [6.07, 6.45) is 2.55. The maximum Gasteiger partial charge on any atom is 0.339 e. The van der Waals surface area contributed by atoms with Crippen LogP contribution in [0, 0.1) is 10.1 Å². The van der Waals surface area contributed by atoms with Crippen molar-refractivity contribution < 1.29 is 24.7 Å². The lowest BCUT2D eigenvalue weighted by atomic mass is 10.1. The predicted molar refractivity (Wildman–Crippen MR) is 85.8 cm³/mol. The molecule has 2 aromatic rings. The summed E-state index contributed by atoms with van der Waals surface area (Å²) in [6, 6.07) is 9.36. The van der Waals surface area contributed by atoms with Gasteiger partial charge in [0.15, 0.2) is 0 Å². The summed E-state index contributed by atoms with van der Waals surface area (Å²) in [5, 5.41) is 31.4. The fourth-order valence-corrected chi connectivity index (χ4v) is 1.88. The smallest absolute Gasteiger partial charge is 0.339 e. The number of nitro benzene ring substituents is 1. The predicted octanol–water partition coefficient (Wildman–Crippen LogP) is 2.65. The van der Waals surface area contributed by atoms with Crippen molar-refractivity contribution in [2.75, 3.05) is 5.32 Å². The minimum atomic E-state index is -1.32. The van der Waals surface area contributed by atoms with E-state index in [0.717, 1.165) is 18.2 Å². The van der Waals surface area contributed by atoms with Gasteiger partial charge >= 0.3 is 5.97 Å². The Morgan fingerprint density at radius 2 is 1.92 bits per heavy atom. The number of nitrogens with zero attached hydrogens (tertiary/aromatic N) is 1. The van der Waals surface area contributed by atoms with Gasteiger partial charge in [-0.15, -0.1) is 0 Å². The van der Waals surface area contributed by atoms with Gasteiger partial charge in [0.1, 0.15) is 11.3 Å². The fourth-order valence-electron chi connectivity index (χ4n) is 1.88. The number of non-ortho nitro benzene ring substituents is 1. The molecule has 0 atom stereocenters. The Morgan fingerprint density at radius 1 is 1.17 bits per heavy atom. The van der Waals surface area contributed by atoms with Crippen LogP contribution in [0.25, 0.3) is 6.08 Å². The highest BCUT2D eigenvalue weighted by molar-refractivity contribution is 6.03. The maximum absolute atomic E-state index is 11.8. The molecule has 0 aliphatic rings.